The maximum absolute atomic E-state index is 13.7. The van der Waals surface area contributed by atoms with Crippen molar-refractivity contribution >= 4 is 11.9 Å². The summed E-state index contributed by atoms with van der Waals surface area (Å²) in [5.41, 5.74) is -4.65. The molecule has 2 saturated heterocycles. The molecule has 1 unspecified atom stereocenters. The second-order valence-electron chi connectivity index (χ2n) is 14.4. The molecule has 0 amide bonds. The van der Waals surface area contributed by atoms with Crippen LogP contribution in [-0.4, -0.2) is 103 Å². The van der Waals surface area contributed by atoms with E-state index in [0.29, 0.717) is 19.3 Å². The predicted octanol–water partition coefficient (Wildman–Crippen LogP) is 2.29. The van der Waals surface area contributed by atoms with E-state index in [-0.39, 0.29) is 60.2 Å². The maximum atomic E-state index is 13.7. The van der Waals surface area contributed by atoms with Crippen molar-refractivity contribution in [2.75, 3.05) is 34.1 Å². The Balaban J connectivity index is 1.54. The number of piperidine rings is 1. The van der Waals surface area contributed by atoms with Gasteiger partial charge >= 0.3 is 11.9 Å². The fourth-order valence-corrected chi connectivity index (χ4v) is 12.0. The number of hydrogen-bond acceptors (Lipinski definition) is 10. The number of likely N-dealkylation sites (tertiary alicyclic amines) is 1. The molecule has 7 rings (SSSR count). The minimum absolute atomic E-state index is 0.00267. The highest BCUT2D eigenvalue weighted by molar-refractivity contribution is 5.72. The van der Waals surface area contributed by atoms with Gasteiger partial charge in [0.2, 0.25) is 0 Å². The van der Waals surface area contributed by atoms with E-state index in [1.807, 2.05) is 13.8 Å². The Morgan fingerprint density at radius 1 is 1.10 bits per heavy atom. The highest BCUT2D eigenvalue weighted by atomic mass is 16.7. The van der Waals surface area contributed by atoms with E-state index in [0.717, 1.165) is 25.9 Å². The molecule has 5 saturated carbocycles. The standard InChI is InChI=1S/C31H47NO9/c1-8-16(3)25(34)41-21-18-12-28(35)22(21)29(13-19(18)36-6)31(39-15-38-29)24(40-17(4)33)23-27(5)11-10-20(37-7)30(23,28)26(31)32(9-2)14-27/h16,18-24,26,35H,8-15H2,1-7H3/t16-,18+,19-,20-,21-,22-,23+,24-,26?,27-,28-,29+,30+,31+/m0/s1. The van der Waals surface area contributed by atoms with E-state index in [1.54, 1.807) is 14.2 Å². The number of aliphatic hydroxyl groups is 1. The van der Waals surface area contributed by atoms with E-state index in [1.165, 1.54) is 6.92 Å². The molecule has 0 aromatic heterocycles. The fourth-order valence-electron chi connectivity index (χ4n) is 12.0. The summed E-state index contributed by atoms with van der Waals surface area (Å²) < 4.78 is 39.1. The van der Waals surface area contributed by atoms with Crippen LogP contribution in [0, 0.1) is 34.5 Å². The summed E-state index contributed by atoms with van der Waals surface area (Å²) in [7, 11) is 3.41. The third kappa shape index (κ3) is 2.92. The average Bonchev–Trinajstić information content (AvgIpc) is 3.48. The Morgan fingerprint density at radius 3 is 2.49 bits per heavy atom. The van der Waals surface area contributed by atoms with E-state index < -0.39 is 40.3 Å². The van der Waals surface area contributed by atoms with Crippen molar-refractivity contribution in [1.29, 1.82) is 0 Å². The summed E-state index contributed by atoms with van der Waals surface area (Å²) in [6.07, 6.45) is 1.22. The minimum Gasteiger partial charge on any atom is -0.461 e. The van der Waals surface area contributed by atoms with Crippen molar-refractivity contribution < 1.29 is 43.1 Å². The molecule has 2 aliphatic heterocycles. The lowest BCUT2D eigenvalue weighted by molar-refractivity contribution is -0.331. The minimum atomic E-state index is -1.34. The van der Waals surface area contributed by atoms with Gasteiger partial charge in [0.15, 0.2) is 5.60 Å². The topological polar surface area (TPSA) is 113 Å². The first-order valence-corrected chi connectivity index (χ1v) is 15.6. The van der Waals surface area contributed by atoms with Crippen LogP contribution in [0.15, 0.2) is 0 Å². The monoisotopic (exact) mass is 577 g/mol. The van der Waals surface area contributed by atoms with Crippen molar-refractivity contribution in [1.82, 2.24) is 4.90 Å². The smallest absolute Gasteiger partial charge is 0.308 e. The van der Waals surface area contributed by atoms with Crippen molar-refractivity contribution in [3.8, 4) is 0 Å². The van der Waals surface area contributed by atoms with Gasteiger partial charge in [0.1, 0.15) is 24.6 Å². The Morgan fingerprint density at radius 2 is 1.85 bits per heavy atom. The summed E-state index contributed by atoms with van der Waals surface area (Å²) in [5.74, 6) is -1.95. The zero-order valence-electron chi connectivity index (χ0n) is 25.5. The second kappa shape index (κ2) is 8.88. The van der Waals surface area contributed by atoms with Gasteiger partial charge in [0.05, 0.1) is 41.1 Å². The molecule has 7 bridgehead atoms. The number of methoxy groups -OCH3 is 2. The molecule has 0 radical (unpaired) electrons. The number of nitrogens with zero attached hydrogens (tertiary/aromatic N) is 1. The molecule has 0 aromatic rings. The highest BCUT2D eigenvalue weighted by Crippen LogP contribution is 2.83. The van der Waals surface area contributed by atoms with Gasteiger partial charge in [-0.25, -0.2) is 0 Å². The quantitative estimate of drug-likeness (QED) is 0.452. The lowest BCUT2D eigenvalue weighted by Gasteiger charge is -2.71. The van der Waals surface area contributed by atoms with E-state index in [2.05, 4.69) is 18.7 Å². The third-order valence-electron chi connectivity index (χ3n) is 13.2. The van der Waals surface area contributed by atoms with Gasteiger partial charge in [-0.05, 0) is 37.6 Å². The van der Waals surface area contributed by atoms with Crippen molar-refractivity contribution in [2.24, 2.45) is 34.5 Å². The summed E-state index contributed by atoms with van der Waals surface area (Å²) in [4.78, 5) is 28.8. The van der Waals surface area contributed by atoms with E-state index in [4.69, 9.17) is 28.4 Å². The molecule has 1 N–H and O–H groups in total. The molecule has 41 heavy (non-hydrogen) atoms. The molecule has 230 valence electrons. The van der Waals surface area contributed by atoms with Gasteiger partial charge < -0.3 is 33.5 Å². The molecular weight excluding hydrogens is 530 g/mol. The number of likely N-dealkylation sites (N-methyl/N-ethyl adjacent to an activating group) is 1. The van der Waals surface area contributed by atoms with Crippen LogP contribution >= 0.6 is 0 Å². The van der Waals surface area contributed by atoms with E-state index >= 15 is 0 Å². The van der Waals surface area contributed by atoms with Crippen LogP contribution in [0.25, 0.3) is 0 Å². The summed E-state index contributed by atoms with van der Waals surface area (Å²) >= 11 is 0. The molecule has 5 aliphatic carbocycles. The van der Waals surface area contributed by atoms with Crippen LogP contribution in [-0.2, 0) is 38.0 Å². The number of hydrogen-bond donors (Lipinski definition) is 1. The molecule has 7 aliphatic rings. The van der Waals surface area contributed by atoms with Gasteiger partial charge in [0, 0.05) is 45.9 Å². The molecule has 0 aromatic carbocycles. The molecular formula is C31H47NO9. The predicted molar refractivity (Wildman–Crippen MR) is 144 cm³/mol. The van der Waals surface area contributed by atoms with Gasteiger partial charge in [0.25, 0.3) is 0 Å². The summed E-state index contributed by atoms with van der Waals surface area (Å²) in [6.45, 7) is 11.3. The normalized spacial score (nSPS) is 54.9. The van der Waals surface area contributed by atoms with Gasteiger partial charge in [-0.1, -0.05) is 27.7 Å². The number of esters is 2. The summed E-state index contributed by atoms with van der Waals surface area (Å²) in [5, 5.41) is 13.7. The first-order valence-electron chi connectivity index (χ1n) is 15.6. The van der Waals surface area contributed by atoms with E-state index in [9.17, 15) is 14.7 Å². The maximum Gasteiger partial charge on any atom is 0.308 e. The number of rotatable bonds is 7. The Bertz CT molecular complexity index is 1130. The van der Waals surface area contributed by atoms with Crippen LogP contribution in [0.3, 0.4) is 0 Å². The van der Waals surface area contributed by atoms with Crippen LogP contribution in [0.1, 0.15) is 66.7 Å². The van der Waals surface area contributed by atoms with Crippen molar-refractivity contribution in [3.05, 3.63) is 0 Å². The van der Waals surface area contributed by atoms with Gasteiger partial charge in [-0.15, -0.1) is 0 Å². The van der Waals surface area contributed by atoms with Crippen molar-refractivity contribution in [2.45, 2.75) is 114 Å². The molecule has 3 spiro atoms. The highest BCUT2D eigenvalue weighted by Gasteiger charge is 2.98. The van der Waals surface area contributed by atoms with Crippen molar-refractivity contribution in [3.63, 3.8) is 0 Å². The lowest BCUT2D eigenvalue weighted by Crippen LogP contribution is -2.85. The zero-order chi connectivity index (χ0) is 29.3. The molecule has 7 fully saturated rings. The summed E-state index contributed by atoms with van der Waals surface area (Å²) in [6, 6.07) is -0.323. The zero-order valence-corrected chi connectivity index (χ0v) is 25.5. The average molecular weight is 578 g/mol. The van der Waals surface area contributed by atoms with Crippen LogP contribution < -0.4 is 0 Å². The first-order chi connectivity index (χ1) is 19.5. The molecule has 10 nitrogen and oxygen atoms in total. The molecule has 2 heterocycles. The molecule has 14 atom stereocenters. The van der Waals surface area contributed by atoms with Crippen LogP contribution in [0.4, 0.5) is 0 Å². The van der Waals surface area contributed by atoms with Gasteiger partial charge in [-0.3, -0.25) is 14.5 Å². The Hall–Kier alpha value is -1.30. The third-order valence-corrected chi connectivity index (χ3v) is 13.2. The Kier molecular flexibility index (Phi) is 6.17. The first kappa shape index (κ1) is 28.5. The second-order valence-corrected chi connectivity index (χ2v) is 14.4. The lowest BCUT2D eigenvalue weighted by atomic mass is 9.41. The number of fused-ring (bicyclic) bond motifs is 1. The van der Waals surface area contributed by atoms with Crippen LogP contribution in [0.5, 0.6) is 0 Å². The van der Waals surface area contributed by atoms with Gasteiger partial charge in [-0.2, -0.15) is 0 Å². The SMILES string of the molecule is CC[C@H](C)C(=O)O[C@H]1[C@@H]2C[C@]3(O)[C@H]1[C@@]1(C[C@@H]2OC)OCO[C@]12C1N(CC)C[C@]4(C)CC[C@H](OC)[C@@]13[C@@H]4[C@@H]2OC(C)=O. The van der Waals surface area contributed by atoms with Crippen LogP contribution in [0.2, 0.25) is 0 Å². The number of ether oxygens (including phenoxy) is 6. The fraction of sp³-hybridized carbons (Fsp3) is 0.935. The molecule has 10 heteroatoms. The number of carbonyl (C=O) groups is 2. The largest absolute Gasteiger partial charge is 0.461 e. The Labute approximate surface area is 242 Å². The number of carbonyl (C=O) groups excluding carboxylic acids is 2.